The first-order chi connectivity index (χ1) is 19.5. The van der Waals surface area contributed by atoms with Gasteiger partial charge in [-0.25, -0.2) is 0 Å². The summed E-state index contributed by atoms with van der Waals surface area (Å²) in [4.78, 5) is 58.0. The van der Waals surface area contributed by atoms with E-state index in [4.69, 9.17) is 17.2 Å². The first-order valence-electron chi connectivity index (χ1n) is 13.1. The standard InChI is InChI=1S/C28H36N8O5/c1-16(37)34-24(14-18-15-33-21-6-3-2-5-20(18)21)27(41)35-22(7-4-12-32-28(30)31)26(40)36-23(25(29)39)13-17-8-10-19(38)11-9-17/h2-3,5-6,8-11,15,22-24,33,38H,4,7,12-14H2,1H3,(H2,29,39)(H,34,37)(H,35,41)(H,36,40)(H4,30,31,32)/t22-,23-,24-/m0/s1. The second kappa shape index (κ2) is 14.4. The summed E-state index contributed by atoms with van der Waals surface area (Å²) in [7, 11) is 0. The number of carbonyl (C=O) groups excluding carboxylic acids is 4. The van der Waals surface area contributed by atoms with E-state index in [1.165, 1.54) is 19.1 Å². The van der Waals surface area contributed by atoms with E-state index in [1.807, 2.05) is 24.3 Å². The largest absolute Gasteiger partial charge is 0.508 e. The van der Waals surface area contributed by atoms with Gasteiger partial charge in [-0.3, -0.25) is 24.2 Å². The predicted octanol–water partition coefficient (Wildman–Crippen LogP) is -0.328. The Kier molecular flexibility index (Phi) is 10.7. The lowest BCUT2D eigenvalue weighted by Crippen LogP contribution is -2.57. The number of nitrogens with one attached hydrogen (secondary N) is 4. The molecule has 0 radical (unpaired) electrons. The van der Waals surface area contributed by atoms with Gasteiger partial charge in [0.05, 0.1) is 0 Å². The summed E-state index contributed by atoms with van der Waals surface area (Å²) < 4.78 is 0. The number of phenolic OH excluding ortho intramolecular Hbond substituents is 1. The Morgan fingerprint density at radius 2 is 1.54 bits per heavy atom. The van der Waals surface area contributed by atoms with Gasteiger partial charge in [-0.2, -0.15) is 0 Å². The average Bonchev–Trinajstić information content (AvgIpc) is 3.33. The van der Waals surface area contributed by atoms with E-state index in [-0.39, 0.29) is 37.5 Å². The molecular weight excluding hydrogens is 528 g/mol. The van der Waals surface area contributed by atoms with Gasteiger partial charge in [0.2, 0.25) is 23.6 Å². The molecular formula is C28H36N8O5. The highest BCUT2D eigenvalue weighted by atomic mass is 16.3. The molecule has 0 spiro atoms. The van der Waals surface area contributed by atoms with Gasteiger partial charge in [-0.15, -0.1) is 0 Å². The van der Waals surface area contributed by atoms with Crippen molar-refractivity contribution in [2.24, 2.45) is 22.2 Å². The lowest BCUT2D eigenvalue weighted by Gasteiger charge is -2.24. The van der Waals surface area contributed by atoms with Crippen molar-refractivity contribution in [1.82, 2.24) is 20.9 Å². The quantitative estimate of drug-likeness (QED) is 0.0737. The monoisotopic (exact) mass is 564 g/mol. The predicted molar refractivity (Wildman–Crippen MR) is 154 cm³/mol. The molecule has 218 valence electrons. The number of aliphatic imine (C=N–C) groups is 1. The number of amides is 4. The molecule has 1 aromatic heterocycles. The Morgan fingerprint density at radius 3 is 2.20 bits per heavy atom. The number of benzene rings is 2. The third-order valence-corrected chi connectivity index (χ3v) is 6.41. The molecule has 3 aromatic rings. The van der Waals surface area contributed by atoms with Crippen molar-refractivity contribution in [3.8, 4) is 5.75 Å². The molecule has 13 heteroatoms. The van der Waals surface area contributed by atoms with Crippen molar-refractivity contribution < 1.29 is 24.3 Å². The van der Waals surface area contributed by atoms with Gasteiger partial charge in [0.25, 0.3) is 0 Å². The molecule has 0 unspecified atom stereocenters. The van der Waals surface area contributed by atoms with Crippen LogP contribution in [0.4, 0.5) is 0 Å². The number of hydrogen-bond donors (Lipinski definition) is 8. The number of guanidine groups is 1. The number of phenols is 1. The summed E-state index contributed by atoms with van der Waals surface area (Å²) in [6.45, 7) is 1.51. The summed E-state index contributed by atoms with van der Waals surface area (Å²) in [6, 6.07) is 10.5. The average molecular weight is 565 g/mol. The van der Waals surface area contributed by atoms with Crippen LogP contribution in [0.15, 0.2) is 59.7 Å². The zero-order valence-corrected chi connectivity index (χ0v) is 22.7. The van der Waals surface area contributed by atoms with Gasteiger partial charge >= 0.3 is 0 Å². The summed E-state index contributed by atoms with van der Waals surface area (Å²) in [6.07, 6.45) is 2.49. The van der Waals surface area contributed by atoms with Gasteiger partial charge < -0.3 is 43.2 Å². The summed E-state index contributed by atoms with van der Waals surface area (Å²) in [5.41, 5.74) is 18.7. The van der Waals surface area contributed by atoms with Crippen LogP contribution in [-0.4, -0.2) is 64.3 Å². The summed E-state index contributed by atoms with van der Waals surface area (Å²) >= 11 is 0. The third kappa shape index (κ3) is 9.27. The molecule has 0 fully saturated rings. The topological polar surface area (TPSA) is 231 Å². The van der Waals surface area contributed by atoms with Gasteiger partial charge in [0, 0.05) is 43.4 Å². The van der Waals surface area contributed by atoms with Gasteiger partial charge in [-0.05, 0) is 42.2 Å². The van der Waals surface area contributed by atoms with E-state index in [0.717, 1.165) is 16.5 Å². The minimum Gasteiger partial charge on any atom is -0.508 e. The van der Waals surface area contributed by atoms with Crippen LogP contribution in [0.1, 0.15) is 30.9 Å². The van der Waals surface area contributed by atoms with Crippen molar-refractivity contribution in [2.75, 3.05) is 6.54 Å². The lowest BCUT2D eigenvalue weighted by molar-refractivity contribution is -0.133. The fourth-order valence-corrected chi connectivity index (χ4v) is 4.38. The molecule has 0 saturated heterocycles. The second-order valence-electron chi connectivity index (χ2n) is 9.66. The first-order valence-corrected chi connectivity index (χ1v) is 13.1. The number of nitrogens with two attached hydrogens (primary N) is 3. The molecule has 2 aromatic carbocycles. The molecule has 11 N–H and O–H groups in total. The highest BCUT2D eigenvalue weighted by Crippen LogP contribution is 2.19. The number of hydrogen-bond acceptors (Lipinski definition) is 6. The van der Waals surface area contributed by atoms with Crippen molar-refractivity contribution in [3.05, 3.63) is 65.9 Å². The molecule has 13 nitrogen and oxygen atoms in total. The van der Waals surface area contributed by atoms with E-state index in [2.05, 4.69) is 25.9 Å². The van der Waals surface area contributed by atoms with E-state index < -0.39 is 41.8 Å². The highest BCUT2D eigenvalue weighted by molar-refractivity contribution is 5.94. The number of fused-ring (bicyclic) bond motifs is 1. The first kappa shape index (κ1) is 30.5. The zero-order valence-electron chi connectivity index (χ0n) is 22.7. The number of H-pyrrole nitrogens is 1. The second-order valence-corrected chi connectivity index (χ2v) is 9.66. The van der Waals surface area contributed by atoms with Crippen molar-refractivity contribution in [1.29, 1.82) is 0 Å². The van der Waals surface area contributed by atoms with Crippen LogP contribution in [0.2, 0.25) is 0 Å². The number of aromatic amines is 1. The molecule has 4 amide bonds. The van der Waals surface area contributed by atoms with E-state index >= 15 is 0 Å². The molecule has 0 aliphatic rings. The Labute approximate surface area is 236 Å². The van der Waals surface area contributed by atoms with E-state index in [9.17, 15) is 24.3 Å². The van der Waals surface area contributed by atoms with E-state index in [1.54, 1.807) is 18.3 Å². The van der Waals surface area contributed by atoms with Crippen LogP contribution in [0.5, 0.6) is 5.75 Å². The zero-order chi connectivity index (χ0) is 29.9. The van der Waals surface area contributed by atoms with Crippen LogP contribution in [0, 0.1) is 0 Å². The molecule has 0 saturated carbocycles. The molecule has 3 rings (SSSR count). The maximum Gasteiger partial charge on any atom is 0.243 e. The molecule has 1 heterocycles. The third-order valence-electron chi connectivity index (χ3n) is 6.41. The SMILES string of the molecule is CC(=O)N[C@@H](Cc1c[nH]c2ccccc12)C(=O)N[C@@H](CCCN=C(N)N)C(=O)N[C@@H](Cc1ccc(O)cc1)C(N)=O. The Morgan fingerprint density at radius 1 is 0.878 bits per heavy atom. The highest BCUT2D eigenvalue weighted by Gasteiger charge is 2.29. The van der Waals surface area contributed by atoms with Crippen molar-refractivity contribution in [3.63, 3.8) is 0 Å². The van der Waals surface area contributed by atoms with Gasteiger partial charge in [0.15, 0.2) is 5.96 Å². The maximum absolute atomic E-state index is 13.4. The lowest BCUT2D eigenvalue weighted by atomic mass is 10.0. The molecule has 0 aliphatic heterocycles. The maximum atomic E-state index is 13.4. The Hall–Kier alpha value is -5.07. The van der Waals surface area contributed by atoms with Crippen LogP contribution in [-0.2, 0) is 32.0 Å². The van der Waals surface area contributed by atoms with Crippen LogP contribution in [0.3, 0.4) is 0 Å². The van der Waals surface area contributed by atoms with Gasteiger partial charge in [-0.1, -0.05) is 30.3 Å². The Balaban J connectivity index is 1.78. The smallest absolute Gasteiger partial charge is 0.243 e. The molecule has 0 bridgehead atoms. The molecule has 0 aliphatic carbocycles. The van der Waals surface area contributed by atoms with Crippen LogP contribution >= 0.6 is 0 Å². The minimum absolute atomic E-state index is 0.0540. The number of para-hydroxylation sites is 1. The van der Waals surface area contributed by atoms with Crippen LogP contribution in [0.25, 0.3) is 10.9 Å². The van der Waals surface area contributed by atoms with Crippen LogP contribution < -0.4 is 33.2 Å². The number of primary amides is 1. The normalized spacial score (nSPS) is 13.0. The number of rotatable bonds is 14. The number of aromatic hydroxyl groups is 1. The van der Waals surface area contributed by atoms with Crippen molar-refractivity contribution >= 4 is 40.5 Å². The fraction of sp³-hybridized carbons (Fsp3) is 0.321. The minimum atomic E-state index is -1.09. The Bertz CT molecular complexity index is 1400. The molecule has 41 heavy (non-hydrogen) atoms. The van der Waals surface area contributed by atoms with E-state index in [0.29, 0.717) is 12.0 Å². The molecule has 3 atom stereocenters. The number of nitrogens with zero attached hydrogens (tertiary/aromatic N) is 1. The summed E-state index contributed by atoms with van der Waals surface area (Å²) in [5, 5.41) is 18.4. The fourth-order valence-electron chi connectivity index (χ4n) is 4.38. The summed E-state index contributed by atoms with van der Waals surface area (Å²) in [5.74, 6) is -2.46. The van der Waals surface area contributed by atoms with Crippen molar-refractivity contribution in [2.45, 2.75) is 50.7 Å². The van der Waals surface area contributed by atoms with Gasteiger partial charge in [0.1, 0.15) is 23.9 Å². The number of aromatic nitrogens is 1. The number of carbonyl (C=O) groups is 4.